The monoisotopic (exact) mass is 276 g/mol. The molecule has 5 heteroatoms. The Balaban J connectivity index is 2.39. The third-order valence-corrected chi connectivity index (χ3v) is 3.47. The fraction of sp³-hybridized carbons (Fsp3) is 0.400. The first-order valence-corrected chi connectivity index (χ1v) is 6.64. The first-order valence-electron chi connectivity index (χ1n) is 6.64. The molecule has 0 fully saturated rings. The molecule has 0 atom stereocenters. The van der Waals surface area contributed by atoms with Crippen LogP contribution in [-0.4, -0.2) is 11.5 Å². The first kappa shape index (κ1) is 14.6. The Bertz CT molecular complexity index is 617. The van der Waals surface area contributed by atoms with Crippen LogP contribution < -0.4 is 11.3 Å². The van der Waals surface area contributed by atoms with Crippen molar-refractivity contribution in [2.75, 3.05) is 0 Å². The molecule has 20 heavy (non-hydrogen) atoms. The van der Waals surface area contributed by atoms with E-state index in [2.05, 4.69) is 5.43 Å². The van der Waals surface area contributed by atoms with Crippen molar-refractivity contribution in [2.24, 2.45) is 5.84 Å². The lowest BCUT2D eigenvalue weighted by Gasteiger charge is -2.22. The van der Waals surface area contributed by atoms with Gasteiger partial charge in [0.05, 0.1) is 11.2 Å². The van der Waals surface area contributed by atoms with Gasteiger partial charge in [0.1, 0.15) is 18.0 Å². The molecule has 0 saturated carbocycles. The van der Waals surface area contributed by atoms with Gasteiger partial charge in [-0.2, -0.15) is 0 Å². The molecular weight excluding hydrogens is 256 g/mol. The number of hydrogen-bond acceptors (Lipinski definition) is 4. The number of benzene rings is 1. The SMILES string of the molecule is CCC(C)(C)OCc1oc2ccccc2c1C(=O)NN. The largest absolute Gasteiger partial charge is 0.458 e. The number of nitrogens with one attached hydrogen (secondary N) is 1. The van der Waals surface area contributed by atoms with Gasteiger partial charge in [-0.3, -0.25) is 10.2 Å². The molecule has 1 heterocycles. The average molecular weight is 276 g/mol. The van der Waals surface area contributed by atoms with Gasteiger partial charge in [-0.25, -0.2) is 5.84 Å². The van der Waals surface area contributed by atoms with Crippen molar-refractivity contribution in [1.82, 2.24) is 5.43 Å². The Morgan fingerprint density at radius 3 is 2.75 bits per heavy atom. The minimum atomic E-state index is -0.372. The summed E-state index contributed by atoms with van der Waals surface area (Å²) < 4.78 is 11.5. The lowest BCUT2D eigenvalue weighted by atomic mass is 10.1. The van der Waals surface area contributed by atoms with E-state index in [4.69, 9.17) is 15.0 Å². The second kappa shape index (κ2) is 5.64. The molecule has 0 aliphatic carbocycles. The molecule has 0 bridgehead atoms. The van der Waals surface area contributed by atoms with Crippen LogP contribution in [-0.2, 0) is 11.3 Å². The summed E-state index contributed by atoms with van der Waals surface area (Å²) >= 11 is 0. The minimum Gasteiger partial charge on any atom is -0.458 e. The summed E-state index contributed by atoms with van der Waals surface area (Å²) in [5.74, 6) is 5.37. The van der Waals surface area contributed by atoms with Crippen LogP contribution in [0.15, 0.2) is 28.7 Å². The summed E-state index contributed by atoms with van der Waals surface area (Å²) in [6.45, 7) is 6.28. The molecule has 0 radical (unpaired) electrons. The molecule has 1 amide bonds. The number of rotatable bonds is 5. The van der Waals surface area contributed by atoms with Gasteiger partial charge < -0.3 is 9.15 Å². The molecular formula is C15H20N2O3. The van der Waals surface area contributed by atoms with Crippen LogP contribution in [0, 0.1) is 0 Å². The van der Waals surface area contributed by atoms with Crippen molar-refractivity contribution in [2.45, 2.75) is 39.4 Å². The van der Waals surface area contributed by atoms with Crippen molar-refractivity contribution in [3.05, 3.63) is 35.6 Å². The summed E-state index contributed by atoms with van der Waals surface area (Å²) in [6, 6.07) is 7.36. The average Bonchev–Trinajstić information content (AvgIpc) is 2.83. The van der Waals surface area contributed by atoms with E-state index in [1.165, 1.54) is 0 Å². The van der Waals surface area contributed by atoms with E-state index in [0.29, 0.717) is 16.9 Å². The van der Waals surface area contributed by atoms with Crippen molar-refractivity contribution in [3.63, 3.8) is 0 Å². The second-order valence-electron chi connectivity index (χ2n) is 5.27. The molecule has 0 spiro atoms. The van der Waals surface area contributed by atoms with Crippen molar-refractivity contribution >= 4 is 16.9 Å². The zero-order chi connectivity index (χ0) is 14.8. The van der Waals surface area contributed by atoms with Gasteiger partial charge in [0.15, 0.2) is 0 Å². The fourth-order valence-electron chi connectivity index (χ4n) is 1.88. The molecule has 3 N–H and O–H groups in total. The van der Waals surface area contributed by atoms with Gasteiger partial charge in [-0.15, -0.1) is 0 Å². The third-order valence-electron chi connectivity index (χ3n) is 3.47. The van der Waals surface area contributed by atoms with E-state index < -0.39 is 0 Å². The predicted molar refractivity (Wildman–Crippen MR) is 77.0 cm³/mol. The molecule has 2 aromatic rings. The van der Waals surface area contributed by atoms with E-state index in [9.17, 15) is 4.79 Å². The highest BCUT2D eigenvalue weighted by molar-refractivity contribution is 6.06. The van der Waals surface area contributed by atoms with E-state index in [1.807, 2.05) is 45.0 Å². The third kappa shape index (κ3) is 2.84. The Hall–Kier alpha value is -1.85. The maximum absolute atomic E-state index is 12.0. The molecule has 0 saturated heterocycles. The molecule has 0 aliphatic heterocycles. The zero-order valence-electron chi connectivity index (χ0n) is 12.0. The summed E-state index contributed by atoms with van der Waals surface area (Å²) in [5.41, 5.74) is 2.98. The molecule has 5 nitrogen and oxygen atoms in total. The van der Waals surface area contributed by atoms with Crippen molar-refractivity contribution in [1.29, 1.82) is 0 Å². The molecule has 108 valence electrons. The van der Waals surface area contributed by atoms with Crippen LogP contribution in [0.5, 0.6) is 0 Å². The van der Waals surface area contributed by atoms with Gasteiger partial charge >= 0.3 is 0 Å². The van der Waals surface area contributed by atoms with Crippen LogP contribution in [0.1, 0.15) is 43.3 Å². The van der Waals surface area contributed by atoms with Gasteiger partial charge in [0.2, 0.25) is 0 Å². The number of carbonyl (C=O) groups is 1. The molecule has 0 unspecified atom stereocenters. The molecule has 2 rings (SSSR count). The van der Waals surface area contributed by atoms with E-state index >= 15 is 0 Å². The topological polar surface area (TPSA) is 77.5 Å². The Morgan fingerprint density at radius 2 is 2.10 bits per heavy atom. The standard InChI is InChI=1S/C15H20N2O3/c1-4-15(2,3)19-9-12-13(14(18)17-16)10-7-5-6-8-11(10)20-12/h5-8H,4,9,16H2,1-3H3,(H,17,18). The Kier molecular flexibility index (Phi) is 4.11. The second-order valence-corrected chi connectivity index (χ2v) is 5.27. The van der Waals surface area contributed by atoms with Crippen LogP contribution in [0.25, 0.3) is 11.0 Å². The fourth-order valence-corrected chi connectivity index (χ4v) is 1.88. The molecule has 1 aromatic heterocycles. The van der Waals surface area contributed by atoms with Gasteiger partial charge in [0.25, 0.3) is 5.91 Å². The number of hydrazine groups is 1. The number of furan rings is 1. The van der Waals surface area contributed by atoms with Crippen LogP contribution in [0.3, 0.4) is 0 Å². The number of nitrogen functional groups attached to an aromatic ring is 1. The van der Waals surface area contributed by atoms with Crippen LogP contribution in [0.4, 0.5) is 0 Å². The smallest absolute Gasteiger partial charge is 0.269 e. The van der Waals surface area contributed by atoms with Gasteiger partial charge in [-0.05, 0) is 26.3 Å². The van der Waals surface area contributed by atoms with Crippen molar-refractivity contribution < 1.29 is 13.9 Å². The predicted octanol–water partition coefficient (Wildman–Crippen LogP) is 2.74. The van der Waals surface area contributed by atoms with Gasteiger partial charge in [0, 0.05) is 5.39 Å². The van der Waals surface area contributed by atoms with Crippen molar-refractivity contribution in [3.8, 4) is 0 Å². The highest BCUT2D eigenvalue weighted by Gasteiger charge is 2.23. The van der Waals surface area contributed by atoms with E-state index in [0.717, 1.165) is 11.8 Å². The summed E-state index contributed by atoms with van der Waals surface area (Å²) in [4.78, 5) is 12.0. The van der Waals surface area contributed by atoms with E-state index in [-0.39, 0.29) is 18.1 Å². The number of para-hydroxylation sites is 1. The molecule has 0 aliphatic rings. The number of fused-ring (bicyclic) bond motifs is 1. The Labute approximate surface area is 118 Å². The summed E-state index contributed by atoms with van der Waals surface area (Å²) in [7, 11) is 0. The quantitative estimate of drug-likeness (QED) is 0.500. The zero-order valence-corrected chi connectivity index (χ0v) is 12.0. The normalized spacial score (nSPS) is 11.8. The van der Waals surface area contributed by atoms with Crippen LogP contribution >= 0.6 is 0 Å². The lowest BCUT2D eigenvalue weighted by molar-refractivity contribution is -0.0381. The van der Waals surface area contributed by atoms with Gasteiger partial charge in [-0.1, -0.05) is 25.1 Å². The Morgan fingerprint density at radius 1 is 1.40 bits per heavy atom. The van der Waals surface area contributed by atoms with Crippen LogP contribution in [0.2, 0.25) is 0 Å². The summed E-state index contributed by atoms with van der Waals surface area (Å²) in [5, 5.41) is 0.739. The minimum absolute atomic E-state index is 0.234. The lowest BCUT2D eigenvalue weighted by Crippen LogP contribution is -2.31. The van der Waals surface area contributed by atoms with E-state index in [1.54, 1.807) is 0 Å². The number of carbonyl (C=O) groups excluding carboxylic acids is 1. The number of amides is 1. The molecule has 1 aromatic carbocycles. The number of nitrogens with two attached hydrogens (primary N) is 1. The maximum atomic E-state index is 12.0. The summed E-state index contributed by atoms with van der Waals surface area (Å²) in [6.07, 6.45) is 0.867. The number of ether oxygens (including phenoxy) is 1. The first-order chi connectivity index (χ1) is 9.48. The highest BCUT2D eigenvalue weighted by Crippen LogP contribution is 2.28. The maximum Gasteiger partial charge on any atom is 0.269 e. The number of hydrogen-bond donors (Lipinski definition) is 2. The highest BCUT2D eigenvalue weighted by atomic mass is 16.5.